The molecule has 0 aliphatic carbocycles. The number of nitrogens with one attached hydrogen (secondary N) is 1. The molecule has 0 fully saturated rings. The Morgan fingerprint density at radius 1 is 1.17 bits per heavy atom. The summed E-state index contributed by atoms with van der Waals surface area (Å²) in [6.45, 7) is 6.02. The highest BCUT2D eigenvalue weighted by Gasteiger charge is 2.05. The fraction of sp³-hybridized carbons (Fsp3) is 0.308. The Morgan fingerprint density at radius 2 is 1.94 bits per heavy atom. The minimum Gasteiger partial charge on any atom is -0.424 e. The first-order chi connectivity index (χ1) is 8.65. The largest absolute Gasteiger partial charge is 0.424 e. The van der Waals surface area contributed by atoms with E-state index in [0.717, 1.165) is 11.3 Å². The second-order valence-corrected chi connectivity index (χ2v) is 4.26. The number of para-hydroxylation sites is 1. The normalized spacial score (nSPS) is 10.4. The summed E-state index contributed by atoms with van der Waals surface area (Å²) in [7, 11) is 0. The molecule has 0 amide bonds. The van der Waals surface area contributed by atoms with Crippen molar-refractivity contribution in [2.45, 2.75) is 26.8 Å². The number of hydrogen-bond donors (Lipinski definition) is 1. The zero-order valence-corrected chi connectivity index (χ0v) is 10.7. The first-order valence-corrected chi connectivity index (χ1v) is 5.84. The average molecular weight is 244 g/mol. The molecule has 0 aliphatic rings. The molecule has 5 nitrogen and oxygen atoms in total. The second kappa shape index (κ2) is 5.44. The number of nitrogens with zero attached hydrogens (tertiary/aromatic N) is 3. The van der Waals surface area contributed by atoms with Crippen molar-refractivity contribution in [3.63, 3.8) is 0 Å². The van der Waals surface area contributed by atoms with Crippen LogP contribution in [0.3, 0.4) is 0 Å². The summed E-state index contributed by atoms with van der Waals surface area (Å²) in [5.41, 5.74) is 1.04. The lowest BCUT2D eigenvalue weighted by molar-refractivity contribution is 0.437. The SMILES string of the molecule is Cc1ccccc1Oc1ncnc(NC(C)C)n1. The minimum atomic E-state index is 0.263. The van der Waals surface area contributed by atoms with E-state index in [0.29, 0.717) is 12.0 Å². The molecule has 1 heterocycles. The topological polar surface area (TPSA) is 59.9 Å². The molecule has 0 aliphatic heterocycles. The van der Waals surface area contributed by atoms with Crippen molar-refractivity contribution >= 4 is 5.95 Å². The van der Waals surface area contributed by atoms with Gasteiger partial charge in [-0.25, -0.2) is 4.98 Å². The summed E-state index contributed by atoms with van der Waals surface area (Å²) in [5, 5.41) is 3.10. The van der Waals surface area contributed by atoms with Crippen molar-refractivity contribution in [3.8, 4) is 11.8 Å². The van der Waals surface area contributed by atoms with Gasteiger partial charge in [0, 0.05) is 6.04 Å². The number of ether oxygens (including phenoxy) is 1. The molecule has 0 spiro atoms. The van der Waals surface area contributed by atoms with Gasteiger partial charge in [-0.15, -0.1) is 0 Å². The van der Waals surface area contributed by atoms with Crippen molar-refractivity contribution < 1.29 is 4.74 Å². The number of aromatic nitrogens is 3. The monoisotopic (exact) mass is 244 g/mol. The van der Waals surface area contributed by atoms with Gasteiger partial charge in [-0.05, 0) is 32.4 Å². The lowest BCUT2D eigenvalue weighted by Crippen LogP contribution is -2.13. The third kappa shape index (κ3) is 3.16. The fourth-order valence-electron chi connectivity index (χ4n) is 1.43. The molecule has 5 heteroatoms. The molecule has 2 rings (SSSR count). The Bertz CT molecular complexity index is 528. The zero-order valence-electron chi connectivity index (χ0n) is 10.7. The highest BCUT2D eigenvalue weighted by Crippen LogP contribution is 2.21. The number of hydrogen-bond acceptors (Lipinski definition) is 5. The van der Waals surface area contributed by atoms with Crippen LogP contribution in [0.1, 0.15) is 19.4 Å². The van der Waals surface area contributed by atoms with Gasteiger partial charge in [-0.2, -0.15) is 9.97 Å². The highest BCUT2D eigenvalue weighted by atomic mass is 16.5. The van der Waals surface area contributed by atoms with Crippen molar-refractivity contribution in [1.29, 1.82) is 0 Å². The summed E-state index contributed by atoms with van der Waals surface area (Å²) in [6, 6.07) is 8.29. The summed E-state index contributed by atoms with van der Waals surface area (Å²) in [5.74, 6) is 1.27. The highest BCUT2D eigenvalue weighted by molar-refractivity contribution is 5.34. The molecule has 0 saturated carbocycles. The summed E-state index contributed by atoms with van der Waals surface area (Å²) >= 11 is 0. The van der Waals surface area contributed by atoms with Gasteiger partial charge < -0.3 is 10.1 Å². The quantitative estimate of drug-likeness (QED) is 0.896. The first kappa shape index (κ1) is 12.3. The van der Waals surface area contributed by atoms with E-state index in [1.165, 1.54) is 6.33 Å². The molecule has 0 saturated heterocycles. The van der Waals surface area contributed by atoms with Crippen LogP contribution in [0.4, 0.5) is 5.95 Å². The van der Waals surface area contributed by atoms with E-state index in [9.17, 15) is 0 Å². The Labute approximate surface area is 106 Å². The van der Waals surface area contributed by atoms with Crippen LogP contribution < -0.4 is 10.1 Å². The van der Waals surface area contributed by atoms with Gasteiger partial charge in [0.15, 0.2) is 0 Å². The second-order valence-electron chi connectivity index (χ2n) is 4.26. The van der Waals surface area contributed by atoms with E-state index in [-0.39, 0.29) is 6.04 Å². The lowest BCUT2D eigenvalue weighted by Gasteiger charge is -2.09. The molecular formula is C13H16N4O. The van der Waals surface area contributed by atoms with Crippen LogP contribution in [0.25, 0.3) is 0 Å². The predicted octanol–water partition coefficient (Wildman–Crippen LogP) is 2.79. The standard InChI is InChI=1S/C13H16N4O/c1-9(2)16-12-14-8-15-13(17-12)18-11-7-5-4-6-10(11)3/h4-9H,1-3H3,(H,14,15,16,17). The molecule has 0 bridgehead atoms. The van der Waals surface area contributed by atoms with Crippen molar-refractivity contribution in [2.75, 3.05) is 5.32 Å². The molecule has 0 radical (unpaired) electrons. The molecule has 2 aromatic rings. The molecule has 1 N–H and O–H groups in total. The number of anilines is 1. The molecular weight excluding hydrogens is 228 g/mol. The van der Waals surface area contributed by atoms with Gasteiger partial charge in [-0.1, -0.05) is 18.2 Å². The van der Waals surface area contributed by atoms with E-state index in [1.807, 2.05) is 45.0 Å². The molecule has 0 atom stereocenters. The Balaban J connectivity index is 2.17. The first-order valence-electron chi connectivity index (χ1n) is 5.84. The Hall–Kier alpha value is -2.17. The van der Waals surface area contributed by atoms with Crippen molar-refractivity contribution in [2.24, 2.45) is 0 Å². The zero-order chi connectivity index (χ0) is 13.0. The van der Waals surface area contributed by atoms with Gasteiger partial charge in [0.1, 0.15) is 12.1 Å². The van der Waals surface area contributed by atoms with E-state index in [1.54, 1.807) is 0 Å². The van der Waals surface area contributed by atoms with Crippen molar-refractivity contribution in [3.05, 3.63) is 36.2 Å². The van der Waals surface area contributed by atoms with Gasteiger partial charge in [0.2, 0.25) is 5.95 Å². The van der Waals surface area contributed by atoms with Gasteiger partial charge >= 0.3 is 6.01 Å². The fourth-order valence-corrected chi connectivity index (χ4v) is 1.43. The molecule has 1 aromatic heterocycles. The molecule has 1 aromatic carbocycles. The third-order valence-corrected chi connectivity index (χ3v) is 2.26. The molecule has 94 valence electrons. The Kier molecular flexibility index (Phi) is 3.72. The average Bonchev–Trinajstić information content (AvgIpc) is 2.32. The van der Waals surface area contributed by atoms with Crippen LogP contribution in [0.15, 0.2) is 30.6 Å². The number of aryl methyl sites for hydroxylation is 1. The van der Waals surface area contributed by atoms with Crippen LogP contribution in [0, 0.1) is 6.92 Å². The summed E-state index contributed by atoms with van der Waals surface area (Å²) in [4.78, 5) is 12.2. The van der Waals surface area contributed by atoms with Gasteiger partial charge in [0.25, 0.3) is 0 Å². The van der Waals surface area contributed by atoms with E-state index >= 15 is 0 Å². The lowest BCUT2D eigenvalue weighted by atomic mass is 10.2. The van der Waals surface area contributed by atoms with E-state index in [4.69, 9.17) is 4.74 Å². The van der Waals surface area contributed by atoms with Crippen LogP contribution in [0.2, 0.25) is 0 Å². The van der Waals surface area contributed by atoms with E-state index < -0.39 is 0 Å². The Morgan fingerprint density at radius 3 is 2.67 bits per heavy atom. The van der Waals surface area contributed by atoms with Crippen molar-refractivity contribution in [1.82, 2.24) is 15.0 Å². The minimum absolute atomic E-state index is 0.263. The van der Waals surface area contributed by atoms with E-state index in [2.05, 4.69) is 20.3 Å². The van der Waals surface area contributed by atoms with Gasteiger partial charge in [0.05, 0.1) is 0 Å². The summed E-state index contributed by atoms with van der Waals surface area (Å²) in [6.07, 6.45) is 1.44. The van der Waals surface area contributed by atoms with Crippen LogP contribution in [0.5, 0.6) is 11.8 Å². The van der Waals surface area contributed by atoms with Crippen LogP contribution in [-0.2, 0) is 0 Å². The van der Waals surface area contributed by atoms with Crippen LogP contribution in [-0.4, -0.2) is 21.0 Å². The summed E-state index contributed by atoms with van der Waals surface area (Å²) < 4.78 is 5.63. The maximum Gasteiger partial charge on any atom is 0.326 e. The van der Waals surface area contributed by atoms with Crippen LogP contribution >= 0.6 is 0 Å². The maximum atomic E-state index is 5.63. The molecule has 18 heavy (non-hydrogen) atoms. The number of benzene rings is 1. The number of rotatable bonds is 4. The predicted molar refractivity (Wildman–Crippen MR) is 69.8 cm³/mol. The smallest absolute Gasteiger partial charge is 0.326 e. The van der Waals surface area contributed by atoms with Gasteiger partial charge in [-0.3, -0.25) is 0 Å². The third-order valence-electron chi connectivity index (χ3n) is 2.26. The maximum absolute atomic E-state index is 5.63. The molecule has 0 unspecified atom stereocenters.